The molecule has 0 bridgehead atoms. The number of hydrogen-bond donors (Lipinski definition) is 1. The molecule has 1 aliphatic carbocycles. The van der Waals surface area contributed by atoms with Crippen molar-refractivity contribution in [3.8, 4) is 0 Å². The lowest BCUT2D eigenvalue weighted by Gasteiger charge is -2.33. The summed E-state index contributed by atoms with van der Waals surface area (Å²) < 4.78 is 11.2. The standard InChI is InChI=1S/C12H23NO2/c1-2-15-12(10-3-4-10)11(13)9-5-7-14-8-6-9/h9-12H,2-8,13H2,1H3. The van der Waals surface area contributed by atoms with Crippen LogP contribution < -0.4 is 5.73 Å². The van der Waals surface area contributed by atoms with E-state index in [0.717, 1.165) is 38.6 Å². The van der Waals surface area contributed by atoms with Crippen LogP contribution in [0.4, 0.5) is 0 Å². The van der Waals surface area contributed by atoms with Crippen LogP contribution >= 0.6 is 0 Å². The van der Waals surface area contributed by atoms with Gasteiger partial charge < -0.3 is 15.2 Å². The normalized spacial score (nSPS) is 27.6. The predicted molar refractivity (Wildman–Crippen MR) is 59.7 cm³/mol. The average molecular weight is 213 g/mol. The van der Waals surface area contributed by atoms with Gasteiger partial charge in [-0.1, -0.05) is 0 Å². The number of rotatable bonds is 5. The fourth-order valence-corrected chi connectivity index (χ4v) is 2.55. The van der Waals surface area contributed by atoms with E-state index < -0.39 is 0 Å². The molecule has 3 heteroatoms. The monoisotopic (exact) mass is 213 g/mol. The lowest BCUT2D eigenvalue weighted by molar-refractivity contribution is -0.0114. The van der Waals surface area contributed by atoms with Gasteiger partial charge in [0.2, 0.25) is 0 Å². The van der Waals surface area contributed by atoms with E-state index in [1.165, 1.54) is 12.8 Å². The number of hydrogen-bond acceptors (Lipinski definition) is 3. The van der Waals surface area contributed by atoms with E-state index in [1.54, 1.807) is 0 Å². The molecule has 3 nitrogen and oxygen atoms in total. The van der Waals surface area contributed by atoms with Crippen LogP contribution in [0.5, 0.6) is 0 Å². The molecule has 0 aromatic heterocycles. The highest BCUT2D eigenvalue weighted by Crippen LogP contribution is 2.38. The Kier molecular flexibility index (Phi) is 4.00. The van der Waals surface area contributed by atoms with Crippen molar-refractivity contribution in [1.29, 1.82) is 0 Å². The topological polar surface area (TPSA) is 44.5 Å². The molecule has 0 aromatic rings. The highest BCUT2D eigenvalue weighted by atomic mass is 16.5. The van der Waals surface area contributed by atoms with Gasteiger partial charge in [0.25, 0.3) is 0 Å². The zero-order valence-electron chi connectivity index (χ0n) is 9.65. The summed E-state index contributed by atoms with van der Waals surface area (Å²) in [5.74, 6) is 1.35. The fourth-order valence-electron chi connectivity index (χ4n) is 2.55. The Balaban J connectivity index is 1.87. The van der Waals surface area contributed by atoms with E-state index in [4.69, 9.17) is 15.2 Å². The summed E-state index contributed by atoms with van der Waals surface area (Å²) in [5.41, 5.74) is 6.34. The van der Waals surface area contributed by atoms with Gasteiger partial charge in [-0.05, 0) is 44.4 Å². The molecule has 1 saturated carbocycles. The smallest absolute Gasteiger partial charge is 0.0756 e. The molecule has 1 aliphatic heterocycles. The van der Waals surface area contributed by atoms with Gasteiger partial charge in [-0.15, -0.1) is 0 Å². The van der Waals surface area contributed by atoms with Crippen molar-refractivity contribution in [3.63, 3.8) is 0 Å². The molecule has 2 unspecified atom stereocenters. The molecule has 15 heavy (non-hydrogen) atoms. The van der Waals surface area contributed by atoms with Gasteiger partial charge in [0.1, 0.15) is 0 Å². The summed E-state index contributed by atoms with van der Waals surface area (Å²) >= 11 is 0. The minimum Gasteiger partial charge on any atom is -0.381 e. The maximum atomic E-state index is 6.34. The van der Waals surface area contributed by atoms with Crippen molar-refractivity contribution in [2.45, 2.75) is 44.8 Å². The third-order valence-electron chi connectivity index (χ3n) is 3.64. The molecule has 2 N–H and O–H groups in total. The Morgan fingerprint density at radius 2 is 1.87 bits per heavy atom. The van der Waals surface area contributed by atoms with Gasteiger partial charge in [0.05, 0.1) is 6.10 Å². The Morgan fingerprint density at radius 3 is 2.40 bits per heavy atom. The summed E-state index contributed by atoms with van der Waals surface area (Å²) in [6.45, 7) is 4.61. The van der Waals surface area contributed by atoms with Crippen LogP contribution in [-0.4, -0.2) is 32.0 Å². The molecule has 1 saturated heterocycles. The minimum atomic E-state index is 0.223. The molecule has 2 atom stereocenters. The summed E-state index contributed by atoms with van der Waals surface area (Å²) in [6.07, 6.45) is 5.14. The molecule has 0 aromatic carbocycles. The zero-order valence-corrected chi connectivity index (χ0v) is 9.65. The zero-order chi connectivity index (χ0) is 10.7. The summed E-state index contributed by atoms with van der Waals surface area (Å²) in [5, 5.41) is 0. The molecule has 0 spiro atoms. The largest absolute Gasteiger partial charge is 0.381 e. The maximum Gasteiger partial charge on any atom is 0.0756 e. The minimum absolute atomic E-state index is 0.223. The van der Waals surface area contributed by atoms with Crippen LogP contribution in [0.3, 0.4) is 0 Å². The Labute approximate surface area is 92.3 Å². The lowest BCUT2D eigenvalue weighted by atomic mass is 9.87. The molecule has 0 radical (unpaired) electrons. The third kappa shape index (κ3) is 2.92. The second-order valence-electron chi connectivity index (χ2n) is 4.78. The highest BCUT2D eigenvalue weighted by Gasteiger charge is 2.39. The summed E-state index contributed by atoms with van der Waals surface area (Å²) in [4.78, 5) is 0. The van der Waals surface area contributed by atoms with Gasteiger partial charge >= 0.3 is 0 Å². The molecular weight excluding hydrogens is 190 g/mol. The van der Waals surface area contributed by atoms with E-state index in [9.17, 15) is 0 Å². The average Bonchev–Trinajstić information content (AvgIpc) is 3.10. The third-order valence-corrected chi connectivity index (χ3v) is 3.64. The SMILES string of the molecule is CCOC(C1CC1)C(N)C1CCOCC1. The summed E-state index contributed by atoms with van der Waals surface area (Å²) in [6, 6.07) is 0.223. The van der Waals surface area contributed by atoms with Crippen molar-refractivity contribution >= 4 is 0 Å². The fraction of sp³-hybridized carbons (Fsp3) is 1.00. The molecule has 1 heterocycles. The van der Waals surface area contributed by atoms with Crippen molar-refractivity contribution < 1.29 is 9.47 Å². The Morgan fingerprint density at radius 1 is 1.20 bits per heavy atom. The first kappa shape index (κ1) is 11.4. The van der Waals surface area contributed by atoms with Gasteiger partial charge in [0, 0.05) is 25.9 Å². The van der Waals surface area contributed by atoms with E-state index in [0.29, 0.717) is 12.0 Å². The molecule has 88 valence electrons. The first-order chi connectivity index (χ1) is 7.33. The molecule has 2 rings (SSSR count). The maximum absolute atomic E-state index is 6.34. The summed E-state index contributed by atoms with van der Waals surface area (Å²) in [7, 11) is 0. The highest BCUT2D eigenvalue weighted by molar-refractivity contribution is 4.92. The predicted octanol–water partition coefficient (Wildman–Crippen LogP) is 1.56. The van der Waals surface area contributed by atoms with Gasteiger partial charge in [-0.2, -0.15) is 0 Å². The molecule has 0 amide bonds. The lowest BCUT2D eigenvalue weighted by Crippen LogP contribution is -2.46. The van der Waals surface area contributed by atoms with Crippen LogP contribution in [0, 0.1) is 11.8 Å². The van der Waals surface area contributed by atoms with E-state index in [-0.39, 0.29) is 6.04 Å². The second-order valence-corrected chi connectivity index (χ2v) is 4.78. The first-order valence-electron chi connectivity index (χ1n) is 6.28. The first-order valence-corrected chi connectivity index (χ1v) is 6.28. The second kappa shape index (κ2) is 5.28. The van der Waals surface area contributed by atoms with Gasteiger partial charge in [-0.25, -0.2) is 0 Å². The van der Waals surface area contributed by atoms with Gasteiger partial charge in [-0.3, -0.25) is 0 Å². The van der Waals surface area contributed by atoms with E-state index in [1.807, 2.05) is 0 Å². The quantitative estimate of drug-likeness (QED) is 0.753. The molecular formula is C12H23NO2. The van der Waals surface area contributed by atoms with Crippen LogP contribution in [-0.2, 0) is 9.47 Å². The van der Waals surface area contributed by atoms with Crippen LogP contribution in [0.2, 0.25) is 0 Å². The Bertz CT molecular complexity index is 188. The van der Waals surface area contributed by atoms with E-state index >= 15 is 0 Å². The molecule has 2 fully saturated rings. The van der Waals surface area contributed by atoms with Crippen LogP contribution in [0.1, 0.15) is 32.6 Å². The van der Waals surface area contributed by atoms with Crippen LogP contribution in [0.15, 0.2) is 0 Å². The van der Waals surface area contributed by atoms with E-state index in [2.05, 4.69) is 6.92 Å². The molecule has 2 aliphatic rings. The van der Waals surface area contributed by atoms with Crippen molar-refractivity contribution in [1.82, 2.24) is 0 Å². The Hall–Kier alpha value is -0.120. The number of ether oxygens (including phenoxy) is 2. The van der Waals surface area contributed by atoms with Gasteiger partial charge in [0.15, 0.2) is 0 Å². The van der Waals surface area contributed by atoms with Crippen molar-refractivity contribution in [2.75, 3.05) is 19.8 Å². The van der Waals surface area contributed by atoms with Crippen LogP contribution in [0.25, 0.3) is 0 Å². The van der Waals surface area contributed by atoms with Crippen molar-refractivity contribution in [3.05, 3.63) is 0 Å². The van der Waals surface area contributed by atoms with Crippen molar-refractivity contribution in [2.24, 2.45) is 17.6 Å². The number of nitrogens with two attached hydrogens (primary N) is 1.